The fraction of sp³-hybridized carbons (Fsp3) is 0.455. The Kier molecular flexibility index (Phi) is 5.59. The lowest BCUT2D eigenvalue weighted by Crippen LogP contribution is -2.45. The number of benzene rings is 1. The van der Waals surface area contributed by atoms with Crippen molar-refractivity contribution in [1.29, 1.82) is 0 Å². The second kappa shape index (κ2) is 8.29. The van der Waals surface area contributed by atoms with Gasteiger partial charge in [0.05, 0.1) is 11.6 Å². The molecule has 148 valence electrons. The van der Waals surface area contributed by atoms with Crippen LogP contribution in [-0.2, 0) is 16.1 Å². The van der Waals surface area contributed by atoms with Gasteiger partial charge in [-0.05, 0) is 25.6 Å². The summed E-state index contributed by atoms with van der Waals surface area (Å²) in [5, 5.41) is 0. The predicted octanol–water partition coefficient (Wildman–Crippen LogP) is 2.00. The van der Waals surface area contributed by atoms with Gasteiger partial charge in [0.25, 0.3) is 0 Å². The van der Waals surface area contributed by atoms with Crippen LogP contribution < -0.4 is 0 Å². The number of ketones is 1. The van der Waals surface area contributed by atoms with E-state index >= 15 is 0 Å². The second-order valence-corrected chi connectivity index (χ2v) is 7.64. The molecule has 0 bridgehead atoms. The molecular weight excluding hydrogens is 354 g/mol. The largest absolute Gasteiger partial charge is 0.464 e. The Labute approximate surface area is 165 Å². The Balaban J connectivity index is 1.35. The molecule has 28 heavy (non-hydrogen) atoms. The molecule has 4 rings (SSSR count). The molecule has 1 atom stereocenters. The summed E-state index contributed by atoms with van der Waals surface area (Å²) in [7, 11) is 2.13. The molecule has 3 heterocycles. The minimum Gasteiger partial charge on any atom is -0.464 e. The third-order valence-electron chi connectivity index (χ3n) is 5.81. The van der Waals surface area contributed by atoms with Crippen LogP contribution in [0.15, 0.2) is 42.5 Å². The Morgan fingerprint density at radius 3 is 2.50 bits per heavy atom. The van der Waals surface area contributed by atoms with Crippen LogP contribution in [0, 0.1) is 0 Å². The Hall–Kier alpha value is -2.44. The van der Waals surface area contributed by atoms with E-state index in [0.717, 1.165) is 38.4 Å². The number of piperazine rings is 1. The van der Waals surface area contributed by atoms with Crippen LogP contribution in [0.3, 0.4) is 0 Å². The molecule has 1 saturated heterocycles. The van der Waals surface area contributed by atoms with Gasteiger partial charge in [-0.25, -0.2) is 0 Å². The molecule has 0 radical (unpaired) electrons. The average molecular weight is 381 g/mol. The zero-order chi connectivity index (χ0) is 19.5. The van der Waals surface area contributed by atoms with Crippen LogP contribution in [0.2, 0.25) is 0 Å². The van der Waals surface area contributed by atoms with E-state index in [1.807, 2.05) is 47.0 Å². The number of fused-ring (bicyclic) bond motifs is 1. The summed E-state index contributed by atoms with van der Waals surface area (Å²) in [6, 6.07) is 13.0. The smallest absolute Gasteiger partial charge is 0.315 e. The van der Waals surface area contributed by atoms with Crippen molar-refractivity contribution < 1.29 is 14.3 Å². The van der Waals surface area contributed by atoms with Gasteiger partial charge in [-0.2, -0.15) is 0 Å². The average Bonchev–Trinajstić information content (AvgIpc) is 3.32. The van der Waals surface area contributed by atoms with E-state index in [-0.39, 0.29) is 17.7 Å². The number of hydrogen-bond donors (Lipinski definition) is 0. The van der Waals surface area contributed by atoms with Gasteiger partial charge in [-0.15, -0.1) is 0 Å². The molecule has 1 aromatic heterocycles. The first-order valence-corrected chi connectivity index (χ1v) is 10.00. The molecule has 2 aliphatic heterocycles. The van der Waals surface area contributed by atoms with Gasteiger partial charge in [0.1, 0.15) is 6.61 Å². The van der Waals surface area contributed by atoms with Crippen molar-refractivity contribution in [3.63, 3.8) is 0 Å². The highest BCUT2D eigenvalue weighted by molar-refractivity contribution is 6.08. The zero-order valence-corrected chi connectivity index (χ0v) is 16.3. The third-order valence-corrected chi connectivity index (χ3v) is 5.81. The third kappa shape index (κ3) is 3.88. The van der Waals surface area contributed by atoms with E-state index in [1.165, 1.54) is 0 Å². The minimum atomic E-state index is -0.273. The standard InChI is InChI=1S/C22H27N3O3/c1-23-11-13-24(14-12-23)15-16-28-22(27)18-9-10-25-19(18)7-8-20(25)21(26)17-5-3-2-4-6-17/h2-8,18H,9-16H2,1H3. The maximum absolute atomic E-state index is 12.8. The number of rotatable bonds is 6. The molecule has 0 N–H and O–H groups in total. The summed E-state index contributed by atoms with van der Waals surface area (Å²) < 4.78 is 7.55. The van der Waals surface area contributed by atoms with Crippen molar-refractivity contribution in [1.82, 2.24) is 14.4 Å². The first-order chi connectivity index (χ1) is 13.6. The number of ether oxygens (including phenoxy) is 1. The van der Waals surface area contributed by atoms with Crippen LogP contribution in [0.4, 0.5) is 0 Å². The number of nitrogens with zero attached hydrogens (tertiary/aromatic N) is 3. The molecule has 0 aliphatic carbocycles. The van der Waals surface area contributed by atoms with Crippen LogP contribution in [-0.4, -0.2) is 72.5 Å². The van der Waals surface area contributed by atoms with Crippen LogP contribution in [0.5, 0.6) is 0 Å². The van der Waals surface area contributed by atoms with Gasteiger partial charge in [0.2, 0.25) is 5.78 Å². The van der Waals surface area contributed by atoms with Crippen LogP contribution in [0.1, 0.15) is 34.1 Å². The Morgan fingerprint density at radius 2 is 1.75 bits per heavy atom. The lowest BCUT2D eigenvalue weighted by molar-refractivity contribution is -0.146. The van der Waals surface area contributed by atoms with E-state index in [0.29, 0.717) is 30.8 Å². The van der Waals surface area contributed by atoms with Crippen molar-refractivity contribution in [2.75, 3.05) is 46.4 Å². The Morgan fingerprint density at radius 1 is 1.00 bits per heavy atom. The first-order valence-electron chi connectivity index (χ1n) is 10.00. The van der Waals surface area contributed by atoms with Gasteiger partial charge in [-0.1, -0.05) is 30.3 Å². The van der Waals surface area contributed by atoms with E-state index in [1.54, 1.807) is 0 Å². The molecule has 1 fully saturated rings. The number of aromatic nitrogens is 1. The van der Waals surface area contributed by atoms with Gasteiger partial charge in [-0.3, -0.25) is 14.5 Å². The van der Waals surface area contributed by atoms with Gasteiger partial charge in [0, 0.05) is 50.5 Å². The molecule has 0 spiro atoms. The molecule has 1 unspecified atom stereocenters. The van der Waals surface area contributed by atoms with Crippen molar-refractivity contribution in [2.45, 2.75) is 18.9 Å². The molecule has 0 amide bonds. The summed E-state index contributed by atoms with van der Waals surface area (Å²) in [5.74, 6) is -0.453. The molecule has 0 saturated carbocycles. The van der Waals surface area contributed by atoms with Crippen molar-refractivity contribution in [2.24, 2.45) is 0 Å². The fourth-order valence-electron chi connectivity index (χ4n) is 4.06. The van der Waals surface area contributed by atoms with E-state index in [9.17, 15) is 9.59 Å². The quantitative estimate of drug-likeness (QED) is 0.566. The van der Waals surface area contributed by atoms with Gasteiger partial charge >= 0.3 is 5.97 Å². The molecule has 2 aliphatic rings. The summed E-state index contributed by atoms with van der Waals surface area (Å²) in [6.45, 7) is 6.04. The van der Waals surface area contributed by atoms with Gasteiger partial charge < -0.3 is 14.2 Å². The van der Waals surface area contributed by atoms with Crippen molar-refractivity contribution in [3.8, 4) is 0 Å². The van der Waals surface area contributed by atoms with Crippen molar-refractivity contribution >= 4 is 11.8 Å². The molecule has 6 heteroatoms. The highest BCUT2D eigenvalue weighted by atomic mass is 16.5. The second-order valence-electron chi connectivity index (χ2n) is 7.64. The lowest BCUT2D eigenvalue weighted by atomic mass is 10.1. The number of esters is 1. The van der Waals surface area contributed by atoms with Crippen LogP contribution >= 0.6 is 0 Å². The lowest BCUT2D eigenvalue weighted by Gasteiger charge is -2.32. The van der Waals surface area contributed by atoms with E-state index in [2.05, 4.69) is 16.8 Å². The monoisotopic (exact) mass is 381 g/mol. The summed E-state index contributed by atoms with van der Waals surface area (Å²) in [5.41, 5.74) is 2.21. The van der Waals surface area contributed by atoms with E-state index < -0.39 is 0 Å². The summed E-state index contributed by atoms with van der Waals surface area (Å²) in [4.78, 5) is 30.0. The zero-order valence-electron chi connectivity index (χ0n) is 16.3. The first kappa shape index (κ1) is 18.9. The summed E-state index contributed by atoms with van der Waals surface area (Å²) in [6.07, 6.45) is 0.693. The molecule has 2 aromatic rings. The Bertz CT molecular complexity index is 838. The predicted molar refractivity (Wildman–Crippen MR) is 107 cm³/mol. The minimum absolute atomic E-state index is 0.00376. The number of likely N-dealkylation sites (N-methyl/N-ethyl adjacent to an activating group) is 1. The maximum atomic E-state index is 12.8. The number of carbonyl (C=O) groups is 2. The van der Waals surface area contributed by atoms with Gasteiger partial charge in [0.15, 0.2) is 0 Å². The van der Waals surface area contributed by atoms with E-state index in [4.69, 9.17) is 4.74 Å². The molecular formula is C22H27N3O3. The normalized spacial score (nSPS) is 20.1. The number of hydrogen-bond acceptors (Lipinski definition) is 5. The molecule has 6 nitrogen and oxygen atoms in total. The summed E-state index contributed by atoms with van der Waals surface area (Å²) >= 11 is 0. The fourth-order valence-corrected chi connectivity index (χ4v) is 4.06. The molecule has 1 aromatic carbocycles. The van der Waals surface area contributed by atoms with Crippen molar-refractivity contribution in [3.05, 3.63) is 59.4 Å². The maximum Gasteiger partial charge on any atom is 0.315 e. The SMILES string of the molecule is CN1CCN(CCOC(=O)C2CCn3c(C(=O)c4ccccc4)ccc32)CC1. The highest BCUT2D eigenvalue weighted by Gasteiger charge is 2.33. The van der Waals surface area contributed by atoms with Crippen LogP contribution in [0.25, 0.3) is 0 Å². The highest BCUT2D eigenvalue weighted by Crippen LogP contribution is 2.32. The number of carbonyl (C=O) groups excluding carboxylic acids is 2. The topological polar surface area (TPSA) is 54.8 Å².